The van der Waals surface area contributed by atoms with Crippen molar-refractivity contribution in [2.24, 2.45) is 0 Å². The van der Waals surface area contributed by atoms with Gasteiger partial charge < -0.3 is 14.8 Å². The molecule has 1 fully saturated rings. The first kappa shape index (κ1) is 12.0. The van der Waals surface area contributed by atoms with Gasteiger partial charge in [-0.3, -0.25) is 0 Å². The predicted molar refractivity (Wildman–Crippen MR) is 77.1 cm³/mol. The van der Waals surface area contributed by atoms with Crippen molar-refractivity contribution in [1.29, 1.82) is 0 Å². The van der Waals surface area contributed by atoms with Gasteiger partial charge in [0.25, 0.3) is 0 Å². The molecule has 3 aliphatic heterocycles. The fraction of sp³-hybridized carbons (Fsp3) is 0.600. The normalized spacial score (nSPS) is 27.9. The zero-order valence-corrected chi connectivity index (χ0v) is 12.7. The van der Waals surface area contributed by atoms with E-state index in [2.05, 4.69) is 28.2 Å². The molecule has 0 amide bonds. The quantitative estimate of drug-likeness (QED) is 0.862. The first-order valence-corrected chi connectivity index (χ1v) is 7.88. The van der Waals surface area contributed by atoms with Gasteiger partial charge in [0, 0.05) is 35.1 Å². The van der Waals surface area contributed by atoms with E-state index in [-0.39, 0.29) is 5.54 Å². The van der Waals surface area contributed by atoms with E-state index in [4.69, 9.17) is 9.47 Å². The van der Waals surface area contributed by atoms with Crippen LogP contribution in [0.3, 0.4) is 0 Å². The monoisotopic (exact) mass is 323 g/mol. The van der Waals surface area contributed by atoms with Crippen LogP contribution in [0.4, 0.5) is 0 Å². The van der Waals surface area contributed by atoms with Crippen molar-refractivity contribution in [2.75, 3.05) is 19.8 Å². The van der Waals surface area contributed by atoms with Crippen molar-refractivity contribution in [2.45, 2.75) is 38.1 Å². The van der Waals surface area contributed by atoms with Crippen molar-refractivity contribution >= 4 is 15.9 Å². The van der Waals surface area contributed by atoms with E-state index in [0.717, 1.165) is 48.6 Å². The van der Waals surface area contributed by atoms with Gasteiger partial charge in [-0.25, -0.2) is 0 Å². The summed E-state index contributed by atoms with van der Waals surface area (Å²) in [6.45, 7) is 4.99. The van der Waals surface area contributed by atoms with Crippen LogP contribution in [0, 0.1) is 0 Å². The molecule has 1 aromatic rings. The van der Waals surface area contributed by atoms with E-state index in [0.29, 0.717) is 0 Å². The van der Waals surface area contributed by atoms with E-state index >= 15 is 0 Å². The van der Waals surface area contributed by atoms with Gasteiger partial charge in [-0.2, -0.15) is 0 Å². The summed E-state index contributed by atoms with van der Waals surface area (Å²) in [4.78, 5) is 0. The maximum absolute atomic E-state index is 5.99. The van der Waals surface area contributed by atoms with Gasteiger partial charge >= 0.3 is 0 Å². The maximum atomic E-state index is 5.99. The zero-order chi connectivity index (χ0) is 13.0. The van der Waals surface area contributed by atoms with Gasteiger partial charge in [0.15, 0.2) is 0 Å². The number of ether oxygens (including phenoxy) is 2. The number of benzene rings is 1. The second-order valence-corrected chi connectivity index (χ2v) is 6.66. The highest BCUT2D eigenvalue weighted by Gasteiger charge is 2.40. The third-order valence-electron chi connectivity index (χ3n) is 4.66. The molecule has 0 aliphatic carbocycles. The van der Waals surface area contributed by atoms with Crippen LogP contribution in [0.15, 0.2) is 4.47 Å². The van der Waals surface area contributed by atoms with Gasteiger partial charge in [-0.15, -0.1) is 0 Å². The van der Waals surface area contributed by atoms with E-state index in [1.165, 1.54) is 29.5 Å². The van der Waals surface area contributed by atoms with Crippen LogP contribution in [-0.2, 0) is 18.4 Å². The predicted octanol–water partition coefficient (Wildman–Crippen LogP) is 2.92. The summed E-state index contributed by atoms with van der Waals surface area (Å²) in [5.74, 6) is 2.18. The lowest BCUT2D eigenvalue weighted by Gasteiger charge is -2.29. The molecule has 19 heavy (non-hydrogen) atoms. The molecule has 0 spiro atoms. The molecule has 0 saturated carbocycles. The summed E-state index contributed by atoms with van der Waals surface area (Å²) >= 11 is 3.72. The minimum absolute atomic E-state index is 0.0485. The molecule has 3 aliphatic rings. The van der Waals surface area contributed by atoms with Gasteiger partial charge in [0.2, 0.25) is 0 Å². The van der Waals surface area contributed by atoms with Crippen molar-refractivity contribution in [1.82, 2.24) is 5.32 Å². The standard InChI is InChI=1S/C15H18BrNO2/c1-15(5-2-6-17-15)11-9-3-7-19-14(9)12(16)10-4-8-18-13(10)11/h17H,2-8H2,1H3. The number of hydrogen-bond donors (Lipinski definition) is 1. The molecule has 1 saturated heterocycles. The number of fused-ring (bicyclic) bond motifs is 2. The van der Waals surface area contributed by atoms with Gasteiger partial charge in [0.1, 0.15) is 11.5 Å². The first-order chi connectivity index (χ1) is 9.21. The number of hydrogen-bond acceptors (Lipinski definition) is 3. The Bertz CT molecular complexity index is 515. The van der Waals surface area contributed by atoms with Crippen LogP contribution in [0.5, 0.6) is 11.5 Å². The molecule has 4 rings (SSSR count). The fourth-order valence-electron chi connectivity index (χ4n) is 3.74. The Morgan fingerprint density at radius 2 is 1.84 bits per heavy atom. The SMILES string of the molecule is CC1(c2c3c(c(Br)c4c2OCC4)OCC3)CCCN1. The minimum Gasteiger partial charge on any atom is -0.493 e. The summed E-state index contributed by atoms with van der Waals surface area (Å²) in [6, 6.07) is 0. The molecule has 3 nitrogen and oxygen atoms in total. The van der Waals surface area contributed by atoms with Crippen molar-refractivity contribution in [3.05, 3.63) is 21.2 Å². The van der Waals surface area contributed by atoms with Crippen molar-refractivity contribution in [3.8, 4) is 11.5 Å². The molecule has 4 heteroatoms. The summed E-state index contributed by atoms with van der Waals surface area (Å²) in [6.07, 6.45) is 4.39. The van der Waals surface area contributed by atoms with Crippen molar-refractivity contribution < 1.29 is 9.47 Å². The second kappa shape index (κ2) is 4.13. The van der Waals surface area contributed by atoms with E-state index in [1.807, 2.05) is 0 Å². The summed E-state index contributed by atoms with van der Waals surface area (Å²) in [5, 5.41) is 3.68. The minimum atomic E-state index is 0.0485. The van der Waals surface area contributed by atoms with Gasteiger partial charge in [0.05, 0.1) is 17.7 Å². The number of halogens is 1. The third kappa shape index (κ3) is 1.59. The van der Waals surface area contributed by atoms with Crippen molar-refractivity contribution in [3.63, 3.8) is 0 Å². The maximum Gasteiger partial charge on any atom is 0.137 e. The second-order valence-electron chi connectivity index (χ2n) is 5.86. The number of nitrogens with one attached hydrogen (secondary N) is 1. The smallest absolute Gasteiger partial charge is 0.137 e. The first-order valence-electron chi connectivity index (χ1n) is 7.09. The molecule has 0 radical (unpaired) electrons. The average Bonchev–Trinajstić information content (AvgIpc) is 3.09. The highest BCUT2D eigenvalue weighted by molar-refractivity contribution is 9.10. The van der Waals surface area contributed by atoms with E-state index in [9.17, 15) is 0 Å². The van der Waals surface area contributed by atoms with Crippen LogP contribution in [-0.4, -0.2) is 19.8 Å². The molecular weight excluding hydrogens is 306 g/mol. The summed E-state index contributed by atoms with van der Waals surface area (Å²) in [5.41, 5.74) is 4.07. The Morgan fingerprint density at radius 3 is 2.58 bits per heavy atom. The Hall–Kier alpha value is -0.740. The lowest BCUT2D eigenvalue weighted by Crippen LogP contribution is -2.34. The van der Waals surface area contributed by atoms with Gasteiger partial charge in [-0.1, -0.05) is 0 Å². The molecule has 1 N–H and O–H groups in total. The largest absolute Gasteiger partial charge is 0.493 e. The third-order valence-corrected chi connectivity index (χ3v) is 5.50. The molecule has 0 bridgehead atoms. The van der Waals surface area contributed by atoms with E-state index in [1.54, 1.807) is 0 Å². The highest BCUT2D eigenvalue weighted by Crippen LogP contribution is 2.51. The van der Waals surface area contributed by atoms with E-state index < -0.39 is 0 Å². The average molecular weight is 324 g/mol. The lowest BCUT2D eigenvalue weighted by molar-refractivity contribution is 0.334. The van der Waals surface area contributed by atoms with Crippen LogP contribution in [0.2, 0.25) is 0 Å². The molecule has 102 valence electrons. The molecular formula is C15H18BrNO2. The Morgan fingerprint density at radius 1 is 1.11 bits per heavy atom. The van der Waals surface area contributed by atoms with Crippen LogP contribution < -0.4 is 14.8 Å². The zero-order valence-electron chi connectivity index (χ0n) is 11.1. The van der Waals surface area contributed by atoms with Crippen LogP contribution in [0.25, 0.3) is 0 Å². The summed E-state index contributed by atoms with van der Waals surface area (Å²) in [7, 11) is 0. The topological polar surface area (TPSA) is 30.5 Å². The van der Waals surface area contributed by atoms with Crippen LogP contribution >= 0.6 is 15.9 Å². The Kier molecular flexibility index (Phi) is 2.61. The highest BCUT2D eigenvalue weighted by atomic mass is 79.9. The van der Waals surface area contributed by atoms with Gasteiger partial charge in [-0.05, 0) is 42.2 Å². The Labute approximate surface area is 121 Å². The molecule has 3 heterocycles. The molecule has 0 aromatic heterocycles. The molecule has 1 unspecified atom stereocenters. The van der Waals surface area contributed by atoms with Crippen LogP contribution in [0.1, 0.15) is 36.5 Å². The molecule has 1 aromatic carbocycles. The molecule has 1 atom stereocenters. The lowest BCUT2D eigenvalue weighted by atomic mass is 9.84. The Balaban J connectivity index is 2.00. The summed E-state index contributed by atoms with van der Waals surface area (Å²) < 4.78 is 13.0. The number of rotatable bonds is 1. The fourth-order valence-corrected chi connectivity index (χ4v) is 4.48.